The van der Waals surface area contributed by atoms with E-state index in [1.807, 2.05) is 20.8 Å². The molecular weight excluding hydrogens is 212 g/mol. The molecule has 1 atom stereocenters. The van der Waals surface area contributed by atoms with E-state index < -0.39 is 0 Å². The highest BCUT2D eigenvalue weighted by molar-refractivity contribution is 7.13. The molecular formula is C10H16N2O2S. The molecule has 1 heterocycles. The second-order valence-electron chi connectivity index (χ2n) is 3.65. The SMILES string of the molecule is Cc1nc(C)c(C(=O)NCC(C)CO)s1. The van der Waals surface area contributed by atoms with Crippen molar-refractivity contribution in [2.75, 3.05) is 13.2 Å². The molecule has 1 amide bonds. The van der Waals surface area contributed by atoms with Crippen LogP contribution in [-0.4, -0.2) is 29.1 Å². The van der Waals surface area contributed by atoms with Crippen LogP contribution in [0.2, 0.25) is 0 Å². The van der Waals surface area contributed by atoms with E-state index >= 15 is 0 Å². The number of aliphatic hydroxyl groups excluding tert-OH is 1. The Hall–Kier alpha value is -0.940. The summed E-state index contributed by atoms with van der Waals surface area (Å²) < 4.78 is 0. The third-order valence-corrected chi connectivity index (χ3v) is 3.10. The summed E-state index contributed by atoms with van der Waals surface area (Å²) in [6, 6.07) is 0. The minimum Gasteiger partial charge on any atom is -0.396 e. The second-order valence-corrected chi connectivity index (χ2v) is 4.85. The van der Waals surface area contributed by atoms with Gasteiger partial charge in [0, 0.05) is 13.2 Å². The van der Waals surface area contributed by atoms with Crippen LogP contribution in [0.1, 0.15) is 27.3 Å². The number of carbonyl (C=O) groups excluding carboxylic acids is 1. The van der Waals surface area contributed by atoms with Gasteiger partial charge in [0.1, 0.15) is 4.88 Å². The van der Waals surface area contributed by atoms with Crippen molar-refractivity contribution in [3.05, 3.63) is 15.6 Å². The van der Waals surface area contributed by atoms with E-state index in [-0.39, 0.29) is 18.4 Å². The molecule has 0 fully saturated rings. The largest absolute Gasteiger partial charge is 0.396 e. The molecule has 0 aliphatic rings. The minimum absolute atomic E-state index is 0.0843. The van der Waals surface area contributed by atoms with Gasteiger partial charge in [-0.1, -0.05) is 6.92 Å². The predicted molar refractivity (Wildman–Crippen MR) is 60.2 cm³/mol. The van der Waals surface area contributed by atoms with E-state index in [2.05, 4.69) is 10.3 Å². The van der Waals surface area contributed by atoms with Gasteiger partial charge in [-0.15, -0.1) is 11.3 Å². The van der Waals surface area contributed by atoms with E-state index in [0.717, 1.165) is 10.7 Å². The Morgan fingerprint density at radius 3 is 2.73 bits per heavy atom. The summed E-state index contributed by atoms with van der Waals surface area (Å²) in [5.41, 5.74) is 0.770. The van der Waals surface area contributed by atoms with Gasteiger partial charge in [-0.05, 0) is 19.8 Å². The minimum atomic E-state index is -0.0987. The van der Waals surface area contributed by atoms with Crippen molar-refractivity contribution in [1.29, 1.82) is 0 Å². The number of nitrogens with one attached hydrogen (secondary N) is 1. The Kier molecular flexibility index (Phi) is 4.23. The highest BCUT2D eigenvalue weighted by atomic mass is 32.1. The van der Waals surface area contributed by atoms with Crippen LogP contribution in [0.5, 0.6) is 0 Å². The van der Waals surface area contributed by atoms with Gasteiger partial charge in [0.15, 0.2) is 0 Å². The lowest BCUT2D eigenvalue weighted by atomic mass is 10.2. The van der Waals surface area contributed by atoms with Crippen molar-refractivity contribution in [1.82, 2.24) is 10.3 Å². The van der Waals surface area contributed by atoms with Gasteiger partial charge >= 0.3 is 0 Å². The molecule has 0 bridgehead atoms. The number of rotatable bonds is 4. The number of amides is 1. The van der Waals surface area contributed by atoms with Gasteiger partial charge in [0.2, 0.25) is 0 Å². The van der Waals surface area contributed by atoms with Gasteiger partial charge in [0.05, 0.1) is 10.7 Å². The van der Waals surface area contributed by atoms with Crippen LogP contribution in [0.4, 0.5) is 0 Å². The fourth-order valence-electron chi connectivity index (χ4n) is 1.15. The third kappa shape index (κ3) is 3.28. The molecule has 0 aliphatic carbocycles. The van der Waals surface area contributed by atoms with Crippen molar-refractivity contribution in [2.45, 2.75) is 20.8 Å². The zero-order chi connectivity index (χ0) is 11.4. The van der Waals surface area contributed by atoms with E-state index in [1.54, 1.807) is 0 Å². The zero-order valence-corrected chi connectivity index (χ0v) is 10.0. The molecule has 0 radical (unpaired) electrons. The predicted octanol–water partition coefficient (Wildman–Crippen LogP) is 1.12. The zero-order valence-electron chi connectivity index (χ0n) is 9.20. The Morgan fingerprint density at radius 1 is 1.60 bits per heavy atom. The first-order chi connectivity index (χ1) is 7.04. The summed E-state index contributed by atoms with van der Waals surface area (Å²) in [7, 11) is 0. The summed E-state index contributed by atoms with van der Waals surface area (Å²) in [5, 5.41) is 12.5. The van der Waals surface area contributed by atoms with Gasteiger partial charge in [-0.3, -0.25) is 4.79 Å². The molecule has 0 aromatic carbocycles. The normalized spacial score (nSPS) is 12.5. The van der Waals surface area contributed by atoms with Crippen molar-refractivity contribution in [2.24, 2.45) is 5.92 Å². The van der Waals surface area contributed by atoms with Gasteiger partial charge in [-0.2, -0.15) is 0 Å². The van der Waals surface area contributed by atoms with Gasteiger partial charge < -0.3 is 10.4 Å². The van der Waals surface area contributed by atoms with Crippen molar-refractivity contribution in [3.63, 3.8) is 0 Å². The highest BCUT2D eigenvalue weighted by Gasteiger charge is 2.13. The van der Waals surface area contributed by atoms with Gasteiger partial charge in [0.25, 0.3) is 5.91 Å². The Bertz CT molecular complexity index is 349. The molecule has 0 saturated heterocycles. The molecule has 1 aromatic rings. The third-order valence-electron chi connectivity index (χ3n) is 2.03. The molecule has 0 aliphatic heterocycles. The maximum Gasteiger partial charge on any atom is 0.263 e. The van der Waals surface area contributed by atoms with Crippen LogP contribution in [0.3, 0.4) is 0 Å². The average molecular weight is 228 g/mol. The summed E-state index contributed by atoms with van der Waals surface area (Å²) in [4.78, 5) is 16.5. The van der Waals surface area contributed by atoms with Crippen LogP contribution in [0.25, 0.3) is 0 Å². The maximum absolute atomic E-state index is 11.7. The van der Waals surface area contributed by atoms with Crippen LogP contribution in [0.15, 0.2) is 0 Å². The molecule has 1 rings (SSSR count). The van der Waals surface area contributed by atoms with E-state index in [9.17, 15) is 4.79 Å². The Balaban J connectivity index is 2.58. The molecule has 84 valence electrons. The molecule has 15 heavy (non-hydrogen) atoms. The first-order valence-corrected chi connectivity index (χ1v) is 5.69. The number of aliphatic hydroxyl groups is 1. The quantitative estimate of drug-likeness (QED) is 0.811. The number of thiazole rings is 1. The molecule has 0 spiro atoms. The fourth-order valence-corrected chi connectivity index (χ4v) is 1.99. The summed E-state index contributed by atoms with van der Waals surface area (Å²) >= 11 is 1.40. The highest BCUT2D eigenvalue weighted by Crippen LogP contribution is 2.16. The number of hydrogen-bond donors (Lipinski definition) is 2. The lowest BCUT2D eigenvalue weighted by Crippen LogP contribution is -2.29. The summed E-state index contributed by atoms with van der Waals surface area (Å²) in [5.74, 6) is -0.0123. The van der Waals surface area contributed by atoms with Crippen LogP contribution < -0.4 is 5.32 Å². The molecule has 2 N–H and O–H groups in total. The van der Waals surface area contributed by atoms with Crippen LogP contribution in [0, 0.1) is 19.8 Å². The van der Waals surface area contributed by atoms with Crippen LogP contribution >= 0.6 is 11.3 Å². The van der Waals surface area contributed by atoms with E-state index in [1.165, 1.54) is 11.3 Å². The van der Waals surface area contributed by atoms with Crippen LogP contribution in [-0.2, 0) is 0 Å². The second kappa shape index (κ2) is 5.23. The summed E-state index contributed by atoms with van der Waals surface area (Å²) in [6.45, 7) is 6.16. The standard InChI is InChI=1S/C10H16N2O2S/c1-6(5-13)4-11-10(14)9-7(2)12-8(3)15-9/h6,13H,4-5H2,1-3H3,(H,11,14). The summed E-state index contributed by atoms with van der Waals surface area (Å²) in [6.07, 6.45) is 0. The van der Waals surface area contributed by atoms with Crippen molar-refractivity contribution < 1.29 is 9.90 Å². The molecule has 1 aromatic heterocycles. The Labute approximate surface area is 93.4 Å². The monoisotopic (exact) mass is 228 g/mol. The van der Waals surface area contributed by atoms with E-state index in [0.29, 0.717) is 11.4 Å². The number of hydrogen-bond acceptors (Lipinski definition) is 4. The number of aromatic nitrogens is 1. The molecule has 0 saturated carbocycles. The van der Waals surface area contributed by atoms with Crippen molar-refractivity contribution in [3.8, 4) is 0 Å². The topological polar surface area (TPSA) is 62.2 Å². The smallest absolute Gasteiger partial charge is 0.263 e. The first-order valence-electron chi connectivity index (χ1n) is 4.87. The lowest BCUT2D eigenvalue weighted by molar-refractivity contribution is 0.0945. The average Bonchev–Trinajstić information content (AvgIpc) is 2.53. The number of carbonyl (C=O) groups is 1. The maximum atomic E-state index is 11.7. The number of nitrogens with zero attached hydrogens (tertiary/aromatic N) is 1. The molecule has 4 nitrogen and oxygen atoms in total. The Morgan fingerprint density at radius 2 is 2.27 bits per heavy atom. The first kappa shape index (κ1) is 12.1. The lowest BCUT2D eigenvalue weighted by Gasteiger charge is -2.08. The van der Waals surface area contributed by atoms with Gasteiger partial charge in [-0.25, -0.2) is 4.98 Å². The molecule has 5 heteroatoms. The van der Waals surface area contributed by atoms with E-state index in [4.69, 9.17) is 5.11 Å². The van der Waals surface area contributed by atoms with Crippen molar-refractivity contribution >= 4 is 17.2 Å². The molecule has 1 unspecified atom stereocenters. The number of aryl methyl sites for hydroxylation is 2. The fraction of sp³-hybridized carbons (Fsp3) is 0.600.